The third-order valence-electron chi connectivity index (χ3n) is 6.35. The van der Waals surface area contributed by atoms with E-state index in [2.05, 4.69) is 39.1 Å². The summed E-state index contributed by atoms with van der Waals surface area (Å²) in [5.41, 5.74) is 4.47. The van der Waals surface area contributed by atoms with Crippen molar-refractivity contribution in [2.45, 2.75) is 0 Å². The number of fused-ring (bicyclic) bond motifs is 1. The van der Waals surface area contributed by atoms with Gasteiger partial charge in [-0.15, -0.1) is 0 Å². The van der Waals surface area contributed by atoms with E-state index >= 15 is 0 Å². The molecule has 0 radical (unpaired) electrons. The van der Waals surface area contributed by atoms with E-state index in [4.69, 9.17) is 0 Å². The molecule has 1 saturated heterocycles. The number of carbonyl (C=O) groups is 1. The van der Waals surface area contributed by atoms with Crippen LogP contribution >= 0.6 is 0 Å². The Kier molecular flexibility index (Phi) is 5.07. The van der Waals surface area contributed by atoms with Crippen LogP contribution < -0.4 is 4.90 Å². The minimum atomic E-state index is 0.0619. The van der Waals surface area contributed by atoms with E-state index in [-0.39, 0.29) is 5.91 Å². The lowest BCUT2D eigenvalue weighted by atomic mass is 10.2. The zero-order valence-electron chi connectivity index (χ0n) is 18.7. The molecule has 0 N–H and O–H groups in total. The first-order valence-corrected chi connectivity index (χ1v) is 11.4. The number of amides is 1. The van der Waals surface area contributed by atoms with Gasteiger partial charge < -0.3 is 14.2 Å². The number of piperazine rings is 1. The van der Waals surface area contributed by atoms with E-state index in [1.807, 2.05) is 74.8 Å². The van der Waals surface area contributed by atoms with E-state index in [1.54, 1.807) is 12.5 Å². The van der Waals surface area contributed by atoms with Crippen LogP contribution in [0.2, 0.25) is 0 Å². The number of pyridine rings is 2. The average molecular weight is 449 g/mol. The quantitative estimate of drug-likeness (QED) is 0.415. The van der Waals surface area contributed by atoms with E-state index < -0.39 is 0 Å². The van der Waals surface area contributed by atoms with Crippen LogP contribution in [0.3, 0.4) is 0 Å². The molecule has 1 aliphatic heterocycles. The Balaban J connectivity index is 1.29. The summed E-state index contributed by atoms with van der Waals surface area (Å²) in [6.45, 7) is 3.04. The van der Waals surface area contributed by atoms with Crippen LogP contribution in [-0.4, -0.2) is 55.9 Å². The van der Waals surface area contributed by atoms with Crippen molar-refractivity contribution in [2.75, 3.05) is 31.1 Å². The number of carbonyl (C=O) groups excluding carboxylic acids is 1. The van der Waals surface area contributed by atoms with E-state index in [0.29, 0.717) is 18.7 Å². The normalized spacial score (nSPS) is 14.0. The zero-order chi connectivity index (χ0) is 22.9. The zero-order valence-corrected chi connectivity index (χ0v) is 18.7. The molecule has 7 nitrogen and oxygen atoms in total. The molecular formula is C27H24N6O. The highest BCUT2D eigenvalue weighted by molar-refractivity contribution is 6.03. The molecule has 0 spiro atoms. The molecule has 34 heavy (non-hydrogen) atoms. The van der Waals surface area contributed by atoms with E-state index in [9.17, 15) is 4.79 Å². The van der Waals surface area contributed by atoms with Crippen LogP contribution in [-0.2, 0) is 0 Å². The number of hydrogen-bond acceptors (Lipinski definition) is 4. The molecule has 4 aromatic heterocycles. The van der Waals surface area contributed by atoms with E-state index in [1.165, 1.54) is 5.69 Å². The number of rotatable bonds is 4. The molecule has 0 saturated carbocycles. The smallest absolute Gasteiger partial charge is 0.256 e. The van der Waals surface area contributed by atoms with Crippen LogP contribution in [0.1, 0.15) is 10.4 Å². The maximum absolute atomic E-state index is 13.6. The molecular weight excluding hydrogens is 424 g/mol. The Labute approximate surface area is 197 Å². The molecule has 0 bridgehead atoms. The molecule has 0 unspecified atom stereocenters. The molecule has 5 heterocycles. The number of anilines is 1. The Morgan fingerprint density at radius 3 is 2.41 bits per heavy atom. The number of imidazole rings is 1. The van der Waals surface area contributed by atoms with Gasteiger partial charge in [0, 0.05) is 50.5 Å². The second-order valence-electron chi connectivity index (χ2n) is 8.37. The van der Waals surface area contributed by atoms with Gasteiger partial charge in [0.05, 0.1) is 16.8 Å². The lowest BCUT2D eigenvalue weighted by molar-refractivity contribution is 0.0749. The lowest BCUT2D eigenvalue weighted by Gasteiger charge is -2.36. The van der Waals surface area contributed by atoms with Crippen LogP contribution in [0.4, 0.5) is 5.69 Å². The lowest BCUT2D eigenvalue weighted by Crippen LogP contribution is -2.48. The monoisotopic (exact) mass is 448 g/mol. The second kappa shape index (κ2) is 8.51. The Hall–Kier alpha value is -4.39. The van der Waals surface area contributed by atoms with Gasteiger partial charge in [-0.3, -0.25) is 9.36 Å². The van der Waals surface area contributed by atoms with Crippen molar-refractivity contribution in [3.63, 3.8) is 0 Å². The summed E-state index contributed by atoms with van der Waals surface area (Å²) in [4.78, 5) is 26.9. The number of benzene rings is 1. The fourth-order valence-corrected chi connectivity index (χ4v) is 4.59. The van der Waals surface area contributed by atoms with Gasteiger partial charge in [0.25, 0.3) is 5.91 Å². The molecule has 1 aliphatic rings. The highest BCUT2D eigenvalue weighted by Gasteiger charge is 2.25. The molecule has 1 fully saturated rings. The summed E-state index contributed by atoms with van der Waals surface area (Å²) in [7, 11) is 0. The predicted octanol–water partition coefficient (Wildman–Crippen LogP) is 4.15. The fraction of sp³-hybridized carbons (Fsp3) is 0.148. The number of hydrogen-bond donors (Lipinski definition) is 0. The third kappa shape index (κ3) is 3.61. The predicted molar refractivity (Wildman–Crippen MR) is 132 cm³/mol. The summed E-state index contributed by atoms with van der Waals surface area (Å²) in [6, 6.07) is 24.0. The Morgan fingerprint density at radius 1 is 0.824 bits per heavy atom. The van der Waals surface area contributed by atoms with Crippen LogP contribution in [0.25, 0.3) is 22.7 Å². The van der Waals surface area contributed by atoms with Crippen molar-refractivity contribution in [2.24, 2.45) is 0 Å². The molecule has 0 aliphatic carbocycles. The minimum absolute atomic E-state index is 0.0619. The topological polar surface area (TPSA) is 58.7 Å². The summed E-state index contributed by atoms with van der Waals surface area (Å²) in [5, 5.41) is 0. The first kappa shape index (κ1) is 20.2. The number of nitrogens with zero attached hydrogens (tertiary/aromatic N) is 6. The Bertz CT molecular complexity index is 1430. The van der Waals surface area contributed by atoms with Gasteiger partial charge in [0.2, 0.25) is 0 Å². The molecule has 1 amide bonds. The van der Waals surface area contributed by atoms with Gasteiger partial charge >= 0.3 is 0 Å². The molecule has 7 heteroatoms. The molecule has 5 aromatic rings. The average Bonchev–Trinajstić information content (AvgIpc) is 3.55. The van der Waals surface area contributed by atoms with Gasteiger partial charge in [-0.25, -0.2) is 9.97 Å². The van der Waals surface area contributed by atoms with Crippen molar-refractivity contribution in [3.05, 3.63) is 103 Å². The summed E-state index contributed by atoms with van der Waals surface area (Å²) >= 11 is 0. The fourth-order valence-electron chi connectivity index (χ4n) is 4.59. The van der Waals surface area contributed by atoms with Crippen molar-refractivity contribution in [1.82, 2.24) is 23.8 Å². The summed E-state index contributed by atoms with van der Waals surface area (Å²) < 4.78 is 3.93. The van der Waals surface area contributed by atoms with E-state index in [0.717, 1.165) is 35.8 Å². The maximum atomic E-state index is 13.6. The summed E-state index contributed by atoms with van der Waals surface area (Å²) in [5.74, 6) is 0.863. The minimum Gasteiger partial charge on any atom is -0.368 e. The highest BCUT2D eigenvalue weighted by atomic mass is 16.2. The van der Waals surface area contributed by atoms with Crippen molar-refractivity contribution < 1.29 is 4.79 Å². The van der Waals surface area contributed by atoms with Gasteiger partial charge in [0.1, 0.15) is 17.8 Å². The van der Waals surface area contributed by atoms with Crippen LogP contribution in [0.5, 0.6) is 0 Å². The van der Waals surface area contributed by atoms with Crippen LogP contribution in [0, 0.1) is 0 Å². The number of aromatic nitrogens is 4. The molecule has 168 valence electrons. The maximum Gasteiger partial charge on any atom is 0.256 e. The van der Waals surface area contributed by atoms with Crippen molar-refractivity contribution >= 4 is 17.1 Å². The Morgan fingerprint density at radius 2 is 1.62 bits per heavy atom. The molecule has 1 aromatic carbocycles. The summed E-state index contributed by atoms with van der Waals surface area (Å²) in [6.07, 6.45) is 7.44. The van der Waals surface area contributed by atoms with Gasteiger partial charge in [-0.05, 0) is 42.5 Å². The van der Waals surface area contributed by atoms with Crippen molar-refractivity contribution in [1.29, 1.82) is 0 Å². The molecule has 6 rings (SSSR count). The third-order valence-corrected chi connectivity index (χ3v) is 6.35. The van der Waals surface area contributed by atoms with Crippen molar-refractivity contribution in [3.8, 4) is 17.2 Å². The van der Waals surface area contributed by atoms with Gasteiger partial charge in [-0.1, -0.05) is 30.3 Å². The highest BCUT2D eigenvalue weighted by Crippen LogP contribution is 2.27. The first-order valence-electron chi connectivity index (χ1n) is 11.4. The van der Waals surface area contributed by atoms with Gasteiger partial charge in [0.15, 0.2) is 0 Å². The van der Waals surface area contributed by atoms with Crippen LogP contribution in [0.15, 0.2) is 97.7 Å². The SMILES string of the molecule is O=C(c1cc(-c2cn(-c3ccccn3)cn2)n2ccccc12)N1CCN(c2ccccc2)CC1. The second-order valence-corrected chi connectivity index (χ2v) is 8.37. The van der Waals surface area contributed by atoms with Gasteiger partial charge in [-0.2, -0.15) is 0 Å². The first-order chi connectivity index (χ1) is 16.8. The molecule has 0 atom stereocenters. The standard InChI is InChI=1S/C27H24N6O/c34-27(31-16-14-30(15-17-31)21-8-2-1-3-9-21)22-18-25(33-13-7-5-10-24(22)33)23-19-32(20-29-23)26-11-4-6-12-28-26/h1-13,18-20H,14-17H2. The number of para-hydroxylation sites is 1. The largest absolute Gasteiger partial charge is 0.368 e.